The number of fused-ring (bicyclic) bond motifs is 1. The predicted molar refractivity (Wildman–Crippen MR) is 73.9 cm³/mol. The minimum Gasteiger partial charge on any atom is -0.394 e. The van der Waals surface area contributed by atoms with Crippen molar-refractivity contribution >= 4 is 10.0 Å². The van der Waals surface area contributed by atoms with Gasteiger partial charge in [-0.05, 0) is 19.3 Å². The van der Waals surface area contributed by atoms with E-state index in [4.69, 9.17) is 5.11 Å². The monoisotopic (exact) mass is 311 g/mol. The van der Waals surface area contributed by atoms with Crippen molar-refractivity contribution in [2.45, 2.75) is 36.7 Å². The van der Waals surface area contributed by atoms with Gasteiger partial charge in [-0.25, -0.2) is 13.1 Å². The van der Waals surface area contributed by atoms with Crippen LogP contribution in [0.2, 0.25) is 0 Å². The lowest BCUT2D eigenvalue weighted by Crippen LogP contribution is -2.31. The van der Waals surface area contributed by atoms with Crippen molar-refractivity contribution in [1.29, 1.82) is 0 Å². The third kappa shape index (κ3) is 2.71. The lowest BCUT2D eigenvalue weighted by atomic mass is 9.94. The maximum Gasteiger partial charge on any atom is 0.244 e. The van der Waals surface area contributed by atoms with Crippen molar-refractivity contribution in [2.75, 3.05) is 6.61 Å². The van der Waals surface area contributed by atoms with E-state index in [2.05, 4.69) is 20.0 Å². The summed E-state index contributed by atoms with van der Waals surface area (Å²) >= 11 is 0. The highest BCUT2D eigenvalue weighted by atomic mass is 32.2. The fourth-order valence-corrected chi connectivity index (χ4v) is 3.82. The molecule has 0 amide bonds. The molecule has 1 unspecified atom stereocenters. The van der Waals surface area contributed by atoms with E-state index in [1.807, 2.05) is 0 Å². The van der Waals surface area contributed by atoms with E-state index in [0.717, 1.165) is 30.5 Å². The number of aromatic amines is 1. The molecule has 3 rings (SSSR count). The minimum atomic E-state index is -3.59. The Balaban J connectivity index is 1.86. The minimum absolute atomic E-state index is 0.0134. The van der Waals surface area contributed by atoms with Crippen LogP contribution in [0.15, 0.2) is 23.5 Å². The molecule has 1 aliphatic carbocycles. The Labute approximate surface area is 122 Å². The molecule has 2 heterocycles. The zero-order valence-electron chi connectivity index (χ0n) is 11.4. The number of H-pyrrole nitrogens is 1. The molecule has 0 saturated carbocycles. The van der Waals surface area contributed by atoms with Crippen molar-refractivity contribution in [3.05, 3.63) is 29.8 Å². The SMILES string of the molecule is O=S(=O)(NC1CCCc2c1cnn2CCO)c1cn[nH]c1. The third-order valence-electron chi connectivity index (χ3n) is 3.66. The lowest BCUT2D eigenvalue weighted by molar-refractivity contribution is 0.266. The van der Waals surface area contributed by atoms with Gasteiger partial charge in [-0.2, -0.15) is 10.2 Å². The highest BCUT2D eigenvalue weighted by Gasteiger charge is 2.28. The van der Waals surface area contributed by atoms with Crippen molar-refractivity contribution in [2.24, 2.45) is 0 Å². The number of aliphatic hydroxyl groups is 1. The van der Waals surface area contributed by atoms with Gasteiger partial charge in [-0.3, -0.25) is 9.78 Å². The summed E-state index contributed by atoms with van der Waals surface area (Å²) < 4.78 is 29.0. The molecule has 2 aromatic heterocycles. The van der Waals surface area contributed by atoms with E-state index < -0.39 is 10.0 Å². The summed E-state index contributed by atoms with van der Waals surface area (Å²) in [4.78, 5) is 0.123. The maximum absolute atomic E-state index is 12.3. The molecule has 0 aromatic carbocycles. The molecule has 2 aromatic rings. The van der Waals surface area contributed by atoms with Gasteiger partial charge >= 0.3 is 0 Å². The fourth-order valence-electron chi connectivity index (χ4n) is 2.67. The highest BCUT2D eigenvalue weighted by Crippen LogP contribution is 2.30. The van der Waals surface area contributed by atoms with Crippen LogP contribution >= 0.6 is 0 Å². The molecular weight excluding hydrogens is 294 g/mol. The second kappa shape index (κ2) is 5.58. The summed E-state index contributed by atoms with van der Waals surface area (Å²) in [6.07, 6.45) is 6.77. The standard InChI is InChI=1S/C12H17N5O3S/c18-5-4-17-12-3-1-2-11(10(12)8-15-17)16-21(19,20)9-6-13-14-7-9/h6-8,11,16,18H,1-5H2,(H,13,14). The topological polar surface area (TPSA) is 113 Å². The number of rotatable bonds is 5. The van der Waals surface area contributed by atoms with Crippen LogP contribution in [0.3, 0.4) is 0 Å². The fraction of sp³-hybridized carbons (Fsp3) is 0.500. The summed E-state index contributed by atoms with van der Waals surface area (Å²) in [5, 5.41) is 19.4. The largest absolute Gasteiger partial charge is 0.394 e. The molecule has 3 N–H and O–H groups in total. The van der Waals surface area contributed by atoms with E-state index in [1.165, 1.54) is 12.4 Å². The van der Waals surface area contributed by atoms with E-state index in [9.17, 15) is 8.42 Å². The van der Waals surface area contributed by atoms with E-state index >= 15 is 0 Å². The first-order chi connectivity index (χ1) is 10.1. The van der Waals surface area contributed by atoms with Gasteiger partial charge in [-0.15, -0.1) is 0 Å². The average Bonchev–Trinajstić information content (AvgIpc) is 3.09. The van der Waals surface area contributed by atoms with Crippen LogP contribution in [0, 0.1) is 0 Å². The number of hydrogen-bond donors (Lipinski definition) is 3. The molecule has 0 saturated heterocycles. The molecular formula is C12H17N5O3S. The normalized spacial score (nSPS) is 18.6. The molecule has 0 fully saturated rings. The lowest BCUT2D eigenvalue weighted by Gasteiger charge is -2.23. The zero-order valence-corrected chi connectivity index (χ0v) is 12.2. The Morgan fingerprint density at radius 1 is 1.48 bits per heavy atom. The van der Waals surface area contributed by atoms with Crippen LogP contribution in [-0.4, -0.2) is 40.1 Å². The van der Waals surface area contributed by atoms with Gasteiger partial charge in [0.1, 0.15) is 4.90 Å². The molecule has 0 radical (unpaired) electrons. The van der Waals surface area contributed by atoms with E-state index in [0.29, 0.717) is 6.54 Å². The molecule has 21 heavy (non-hydrogen) atoms. The number of nitrogens with zero attached hydrogens (tertiary/aromatic N) is 3. The van der Waals surface area contributed by atoms with Crippen molar-refractivity contribution in [3.63, 3.8) is 0 Å². The second-order valence-electron chi connectivity index (χ2n) is 4.99. The smallest absolute Gasteiger partial charge is 0.244 e. The third-order valence-corrected chi connectivity index (χ3v) is 5.09. The number of nitrogens with one attached hydrogen (secondary N) is 2. The van der Waals surface area contributed by atoms with E-state index in [-0.39, 0.29) is 17.5 Å². The summed E-state index contributed by atoms with van der Waals surface area (Å²) in [5.74, 6) is 0. The Kier molecular flexibility index (Phi) is 3.79. The van der Waals surface area contributed by atoms with Gasteiger partial charge in [0.05, 0.1) is 31.6 Å². The summed E-state index contributed by atoms with van der Waals surface area (Å²) in [7, 11) is -3.59. The highest BCUT2D eigenvalue weighted by molar-refractivity contribution is 7.89. The molecule has 9 heteroatoms. The predicted octanol–water partition coefficient (Wildman–Crippen LogP) is -0.0456. The van der Waals surface area contributed by atoms with Gasteiger partial charge in [0.2, 0.25) is 10.0 Å². The molecule has 0 spiro atoms. The van der Waals surface area contributed by atoms with Crippen LogP contribution in [0.4, 0.5) is 0 Å². The molecule has 0 bridgehead atoms. The first kappa shape index (κ1) is 14.2. The average molecular weight is 311 g/mol. The van der Waals surface area contributed by atoms with Crippen molar-refractivity contribution in [3.8, 4) is 0 Å². The summed E-state index contributed by atoms with van der Waals surface area (Å²) in [5.41, 5.74) is 1.89. The van der Waals surface area contributed by atoms with Gasteiger partial charge in [0.15, 0.2) is 0 Å². The summed E-state index contributed by atoms with van der Waals surface area (Å²) in [6, 6.07) is -0.291. The Bertz CT molecular complexity index is 707. The van der Waals surface area contributed by atoms with Crippen LogP contribution in [0.5, 0.6) is 0 Å². The van der Waals surface area contributed by atoms with Gasteiger partial charge in [-0.1, -0.05) is 0 Å². The van der Waals surface area contributed by atoms with Crippen molar-refractivity contribution < 1.29 is 13.5 Å². The quantitative estimate of drug-likeness (QED) is 0.717. The maximum atomic E-state index is 12.3. The molecule has 0 aliphatic heterocycles. The second-order valence-corrected chi connectivity index (χ2v) is 6.71. The Morgan fingerprint density at radius 3 is 3.05 bits per heavy atom. The van der Waals surface area contributed by atoms with Crippen LogP contribution in [0.25, 0.3) is 0 Å². The van der Waals surface area contributed by atoms with Crippen LogP contribution < -0.4 is 4.72 Å². The Morgan fingerprint density at radius 2 is 2.33 bits per heavy atom. The zero-order chi connectivity index (χ0) is 14.9. The van der Waals surface area contributed by atoms with Crippen LogP contribution in [0.1, 0.15) is 30.1 Å². The molecule has 1 aliphatic rings. The molecule has 114 valence electrons. The Hall–Kier alpha value is -1.71. The summed E-state index contributed by atoms with van der Waals surface area (Å²) in [6.45, 7) is 0.441. The van der Waals surface area contributed by atoms with Crippen LogP contribution in [-0.2, 0) is 23.0 Å². The molecule has 1 atom stereocenters. The number of aromatic nitrogens is 4. The number of sulfonamides is 1. The number of hydrogen-bond acceptors (Lipinski definition) is 5. The van der Waals surface area contributed by atoms with Gasteiger partial charge < -0.3 is 5.11 Å². The van der Waals surface area contributed by atoms with Crippen molar-refractivity contribution in [1.82, 2.24) is 24.7 Å². The molecule has 8 nitrogen and oxygen atoms in total. The van der Waals surface area contributed by atoms with E-state index in [1.54, 1.807) is 10.9 Å². The number of aliphatic hydroxyl groups excluding tert-OH is 1. The first-order valence-corrected chi connectivity index (χ1v) is 8.26. The van der Waals surface area contributed by atoms with Gasteiger partial charge in [0, 0.05) is 17.5 Å². The first-order valence-electron chi connectivity index (χ1n) is 6.78. The van der Waals surface area contributed by atoms with Gasteiger partial charge in [0.25, 0.3) is 0 Å².